The predicted molar refractivity (Wildman–Crippen MR) is 115 cm³/mol. The highest BCUT2D eigenvalue weighted by atomic mass is 16.5. The zero-order chi connectivity index (χ0) is 22.4. The van der Waals surface area contributed by atoms with Gasteiger partial charge in [0.25, 0.3) is 0 Å². The van der Waals surface area contributed by atoms with Gasteiger partial charge in [0.15, 0.2) is 0 Å². The van der Waals surface area contributed by atoms with Crippen LogP contribution in [0.2, 0.25) is 0 Å². The Labute approximate surface area is 178 Å². The number of anilines is 1. The molecular formula is C22H32N4O4. The van der Waals surface area contributed by atoms with Crippen molar-refractivity contribution in [2.45, 2.75) is 52.5 Å². The molecule has 0 bridgehead atoms. The first kappa shape index (κ1) is 25.0. The topological polar surface area (TPSA) is 112 Å². The molecule has 0 spiro atoms. The third-order valence-corrected chi connectivity index (χ3v) is 4.28. The van der Waals surface area contributed by atoms with Gasteiger partial charge in [-0.2, -0.15) is 5.26 Å². The number of carbonyl (C=O) groups excluding carboxylic acids is 3. The molecule has 30 heavy (non-hydrogen) atoms. The van der Waals surface area contributed by atoms with E-state index >= 15 is 0 Å². The van der Waals surface area contributed by atoms with Gasteiger partial charge in [0.05, 0.1) is 19.1 Å². The summed E-state index contributed by atoms with van der Waals surface area (Å²) < 4.78 is 4.90. The molecule has 1 rings (SSSR count). The SMILES string of the molecule is CCOC(=O)NC(CNC(=O)CCC(=O)N(CCC#N)c1ccccc1)CC(C)C. The summed E-state index contributed by atoms with van der Waals surface area (Å²) in [5.41, 5.74) is 0.703. The number of nitriles is 1. The second-order valence-corrected chi connectivity index (χ2v) is 7.28. The Hall–Kier alpha value is -3.08. The molecule has 1 unspecified atom stereocenters. The van der Waals surface area contributed by atoms with Crippen LogP contribution in [0.25, 0.3) is 0 Å². The van der Waals surface area contributed by atoms with Gasteiger partial charge in [0.1, 0.15) is 0 Å². The molecule has 1 aromatic rings. The van der Waals surface area contributed by atoms with Gasteiger partial charge in [-0.05, 0) is 31.4 Å². The maximum Gasteiger partial charge on any atom is 0.407 e. The lowest BCUT2D eigenvalue weighted by molar-refractivity contribution is -0.125. The number of carbonyl (C=O) groups is 3. The van der Waals surface area contributed by atoms with Crippen LogP contribution in [-0.4, -0.2) is 43.6 Å². The van der Waals surface area contributed by atoms with Crippen molar-refractivity contribution in [1.82, 2.24) is 10.6 Å². The molecule has 0 radical (unpaired) electrons. The molecule has 0 aromatic heterocycles. The van der Waals surface area contributed by atoms with Crippen LogP contribution >= 0.6 is 0 Å². The van der Waals surface area contributed by atoms with Crippen molar-refractivity contribution in [1.29, 1.82) is 5.26 Å². The molecule has 164 valence electrons. The maximum absolute atomic E-state index is 12.6. The van der Waals surface area contributed by atoms with Crippen molar-refractivity contribution >= 4 is 23.6 Å². The summed E-state index contributed by atoms with van der Waals surface area (Å²) in [6.45, 7) is 6.60. The number of nitrogens with zero attached hydrogens (tertiary/aromatic N) is 2. The minimum absolute atomic E-state index is 0.0303. The summed E-state index contributed by atoms with van der Waals surface area (Å²) in [6, 6.07) is 10.9. The monoisotopic (exact) mass is 416 g/mol. The lowest BCUT2D eigenvalue weighted by atomic mass is 10.0. The van der Waals surface area contributed by atoms with E-state index in [4.69, 9.17) is 10.00 Å². The normalized spacial score (nSPS) is 11.3. The van der Waals surface area contributed by atoms with E-state index < -0.39 is 6.09 Å². The molecule has 1 aromatic carbocycles. The lowest BCUT2D eigenvalue weighted by Crippen LogP contribution is -2.44. The summed E-state index contributed by atoms with van der Waals surface area (Å²) in [5.74, 6) is -0.152. The number of ether oxygens (including phenoxy) is 1. The second kappa shape index (κ2) is 14.0. The zero-order valence-corrected chi connectivity index (χ0v) is 18.0. The van der Waals surface area contributed by atoms with E-state index in [9.17, 15) is 14.4 Å². The fraction of sp³-hybridized carbons (Fsp3) is 0.545. The van der Waals surface area contributed by atoms with E-state index in [1.807, 2.05) is 38.1 Å². The Balaban J connectivity index is 2.56. The van der Waals surface area contributed by atoms with Crippen LogP contribution in [0.4, 0.5) is 10.5 Å². The first-order valence-electron chi connectivity index (χ1n) is 10.3. The fourth-order valence-corrected chi connectivity index (χ4v) is 2.95. The van der Waals surface area contributed by atoms with Crippen molar-refractivity contribution in [3.63, 3.8) is 0 Å². The van der Waals surface area contributed by atoms with Gasteiger partial charge in [-0.25, -0.2) is 4.79 Å². The second-order valence-electron chi connectivity index (χ2n) is 7.28. The smallest absolute Gasteiger partial charge is 0.407 e. The van der Waals surface area contributed by atoms with Crippen LogP contribution in [0.1, 0.15) is 46.5 Å². The molecule has 2 N–H and O–H groups in total. The van der Waals surface area contributed by atoms with Crippen LogP contribution in [0.3, 0.4) is 0 Å². The quantitative estimate of drug-likeness (QED) is 0.544. The number of rotatable bonds is 12. The number of hydrogen-bond acceptors (Lipinski definition) is 5. The predicted octanol–water partition coefficient (Wildman–Crippen LogP) is 2.99. The number of amides is 3. The van der Waals surface area contributed by atoms with Crippen molar-refractivity contribution in [3.05, 3.63) is 30.3 Å². The molecule has 8 nitrogen and oxygen atoms in total. The van der Waals surface area contributed by atoms with E-state index in [-0.39, 0.29) is 56.8 Å². The Morgan fingerprint density at radius 2 is 1.87 bits per heavy atom. The average molecular weight is 417 g/mol. The third-order valence-electron chi connectivity index (χ3n) is 4.28. The molecule has 0 aliphatic heterocycles. The summed E-state index contributed by atoms with van der Waals surface area (Å²) in [6.07, 6.45) is 0.454. The van der Waals surface area contributed by atoms with Gasteiger partial charge in [0.2, 0.25) is 11.8 Å². The van der Waals surface area contributed by atoms with Crippen LogP contribution < -0.4 is 15.5 Å². The Morgan fingerprint density at radius 3 is 2.47 bits per heavy atom. The first-order valence-corrected chi connectivity index (χ1v) is 10.3. The van der Waals surface area contributed by atoms with Gasteiger partial charge >= 0.3 is 6.09 Å². The zero-order valence-electron chi connectivity index (χ0n) is 18.0. The average Bonchev–Trinajstić information content (AvgIpc) is 2.71. The molecule has 8 heteroatoms. The fourth-order valence-electron chi connectivity index (χ4n) is 2.95. The van der Waals surface area contributed by atoms with Crippen LogP contribution in [0.5, 0.6) is 0 Å². The van der Waals surface area contributed by atoms with Gasteiger partial charge in [0, 0.05) is 37.7 Å². The Morgan fingerprint density at radius 1 is 1.17 bits per heavy atom. The van der Waals surface area contributed by atoms with Gasteiger partial charge in [-0.15, -0.1) is 0 Å². The largest absolute Gasteiger partial charge is 0.450 e. The Bertz CT molecular complexity index is 716. The molecule has 0 saturated carbocycles. The number of benzene rings is 1. The van der Waals surface area contributed by atoms with Gasteiger partial charge in [-0.1, -0.05) is 32.0 Å². The maximum atomic E-state index is 12.6. The van der Waals surface area contributed by atoms with E-state index in [1.165, 1.54) is 4.90 Å². The van der Waals surface area contributed by atoms with E-state index in [2.05, 4.69) is 10.6 Å². The summed E-state index contributed by atoms with van der Waals surface area (Å²) >= 11 is 0. The molecule has 0 saturated heterocycles. The van der Waals surface area contributed by atoms with Crippen molar-refractivity contribution < 1.29 is 19.1 Å². The highest BCUT2D eigenvalue weighted by molar-refractivity contribution is 5.95. The molecule has 3 amide bonds. The number of para-hydroxylation sites is 1. The molecule has 1 atom stereocenters. The van der Waals surface area contributed by atoms with Crippen LogP contribution in [0.15, 0.2) is 30.3 Å². The van der Waals surface area contributed by atoms with E-state index in [0.29, 0.717) is 18.0 Å². The lowest BCUT2D eigenvalue weighted by Gasteiger charge is -2.22. The number of nitrogens with one attached hydrogen (secondary N) is 2. The van der Waals surface area contributed by atoms with E-state index in [0.717, 1.165) is 0 Å². The van der Waals surface area contributed by atoms with Crippen molar-refractivity contribution in [2.75, 3.05) is 24.6 Å². The van der Waals surface area contributed by atoms with Crippen molar-refractivity contribution in [2.24, 2.45) is 5.92 Å². The summed E-state index contributed by atoms with van der Waals surface area (Å²) in [7, 11) is 0. The summed E-state index contributed by atoms with van der Waals surface area (Å²) in [5, 5.41) is 14.4. The minimum Gasteiger partial charge on any atom is -0.450 e. The standard InChI is InChI=1S/C22H32N4O4/c1-4-30-22(29)25-18(15-17(2)3)16-24-20(27)11-12-21(28)26(14-8-13-23)19-9-6-5-7-10-19/h5-7,9-10,17-18H,4,8,11-12,14-16H2,1-3H3,(H,24,27)(H,25,29). The number of hydrogen-bond donors (Lipinski definition) is 2. The van der Waals surface area contributed by atoms with Crippen molar-refractivity contribution in [3.8, 4) is 6.07 Å². The molecule has 0 fully saturated rings. The molecule has 0 aliphatic rings. The number of alkyl carbamates (subject to hydrolysis) is 1. The Kier molecular flexibility index (Phi) is 11.6. The molecule has 0 heterocycles. The van der Waals surface area contributed by atoms with Crippen LogP contribution in [0, 0.1) is 17.2 Å². The van der Waals surface area contributed by atoms with Gasteiger partial charge in [-0.3, -0.25) is 9.59 Å². The first-order chi connectivity index (χ1) is 14.4. The van der Waals surface area contributed by atoms with Gasteiger partial charge < -0.3 is 20.3 Å². The highest BCUT2D eigenvalue weighted by Crippen LogP contribution is 2.15. The minimum atomic E-state index is -0.511. The highest BCUT2D eigenvalue weighted by Gasteiger charge is 2.18. The summed E-state index contributed by atoms with van der Waals surface area (Å²) in [4.78, 5) is 38.1. The van der Waals surface area contributed by atoms with Crippen LogP contribution in [-0.2, 0) is 14.3 Å². The third kappa shape index (κ3) is 9.92. The molecular weight excluding hydrogens is 384 g/mol. The van der Waals surface area contributed by atoms with E-state index in [1.54, 1.807) is 19.1 Å². The molecule has 0 aliphatic carbocycles.